The molecule has 1 aromatic rings. The number of aryl methyl sites for hydroxylation is 1. The van der Waals surface area contributed by atoms with Crippen molar-refractivity contribution in [2.24, 2.45) is 5.73 Å². The fourth-order valence-electron chi connectivity index (χ4n) is 1.07. The first-order valence-electron chi connectivity index (χ1n) is 3.76. The van der Waals surface area contributed by atoms with E-state index in [1.807, 2.05) is 13.0 Å². The van der Waals surface area contributed by atoms with Crippen LogP contribution in [0.25, 0.3) is 0 Å². The molecule has 3 nitrogen and oxygen atoms in total. The second-order valence-corrected chi connectivity index (χ2v) is 2.67. The largest absolute Gasteiger partial charge is 0.384 e. The first-order chi connectivity index (χ1) is 5.65. The number of anilines is 1. The quantitative estimate of drug-likeness (QED) is 0.643. The summed E-state index contributed by atoms with van der Waals surface area (Å²) >= 11 is 0. The lowest BCUT2D eigenvalue weighted by Crippen LogP contribution is -2.09. The molecule has 0 spiro atoms. The first-order valence-corrected chi connectivity index (χ1v) is 3.76. The summed E-state index contributed by atoms with van der Waals surface area (Å²) in [6, 6.07) is 3.47. The Kier molecular flexibility index (Phi) is 2.45. The molecule has 3 heteroatoms. The van der Waals surface area contributed by atoms with Gasteiger partial charge in [0, 0.05) is 11.7 Å². The summed E-state index contributed by atoms with van der Waals surface area (Å²) in [5.41, 5.74) is 13.1. The first kappa shape index (κ1) is 8.74. The number of hydrogen-bond donors (Lipinski definition) is 2. The van der Waals surface area contributed by atoms with Crippen molar-refractivity contribution in [3.63, 3.8) is 0 Å². The average Bonchev–Trinajstić information content (AvgIpc) is 2.03. The van der Waals surface area contributed by atoms with Crippen molar-refractivity contribution in [2.75, 3.05) is 5.73 Å². The number of nitrogens with zero attached hydrogens (tertiary/aromatic N) is 1. The highest BCUT2D eigenvalue weighted by molar-refractivity contribution is 5.36. The van der Waals surface area contributed by atoms with Gasteiger partial charge in [0.05, 0.1) is 0 Å². The summed E-state index contributed by atoms with van der Waals surface area (Å²) in [5, 5.41) is 0. The van der Waals surface area contributed by atoms with Gasteiger partial charge in [-0.15, -0.1) is 6.58 Å². The molecule has 1 heterocycles. The molecule has 64 valence electrons. The van der Waals surface area contributed by atoms with Crippen LogP contribution in [0.4, 0.5) is 5.82 Å². The van der Waals surface area contributed by atoms with Gasteiger partial charge in [-0.2, -0.15) is 0 Å². The monoisotopic (exact) mass is 163 g/mol. The minimum Gasteiger partial charge on any atom is -0.384 e. The molecule has 12 heavy (non-hydrogen) atoms. The van der Waals surface area contributed by atoms with E-state index in [0.29, 0.717) is 5.82 Å². The van der Waals surface area contributed by atoms with Gasteiger partial charge in [0.2, 0.25) is 0 Å². The number of hydrogen-bond acceptors (Lipinski definition) is 3. The topological polar surface area (TPSA) is 64.9 Å². The van der Waals surface area contributed by atoms with Gasteiger partial charge in [0.15, 0.2) is 0 Å². The van der Waals surface area contributed by atoms with E-state index in [1.165, 1.54) is 0 Å². The highest BCUT2D eigenvalue weighted by atomic mass is 14.8. The van der Waals surface area contributed by atoms with E-state index < -0.39 is 0 Å². The van der Waals surface area contributed by atoms with Gasteiger partial charge in [-0.25, -0.2) is 4.98 Å². The summed E-state index contributed by atoms with van der Waals surface area (Å²) in [5.74, 6) is 0.521. The van der Waals surface area contributed by atoms with Crippen molar-refractivity contribution in [1.82, 2.24) is 4.98 Å². The van der Waals surface area contributed by atoms with Crippen LogP contribution < -0.4 is 11.5 Å². The molecule has 0 aliphatic carbocycles. The Bertz CT molecular complexity index is 294. The van der Waals surface area contributed by atoms with Crippen molar-refractivity contribution in [2.45, 2.75) is 13.0 Å². The van der Waals surface area contributed by atoms with Crippen LogP contribution in [0, 0.1) is 6.92 Å². The lowest BCUT2D eigenvalue weighted by molar-refractivity contribution is 0.886. The van der Waals surface area contributed by atoms with Gasteiger partial charge in [-0.3, -0.25) is 0 Å². The van der Waals surface area contributed by atoms with Gasteiger partial charge >= 0.3 is 0 Å². The minimum atomic E-state index is -0.155. The van der Waals surface area contributed by atoms with Crippen LogP contribution in [0.3, 0.4) is 0 Å². The molecule has 0 aliphatic rings. The normalized spacial score (nSPS) is 12.5. The number of nitrogens with two attached hydrogens (primary N) is 2. The van der Waals surface area contributed by atoms with Crippen molar-refractivity contribution in [3.8, 4) is 0 Å². The van der Waals surface area contributed by atoms with E-state index in [-0.39, 0.29) is 6.04 Å². The zero-order valence-electron chi connectivity index (χ0n) is 7.12. The number of pyridine rings is 1. The predicted molar refractivity (Wildman–Crippen MR) is 50.5 cm³/mol. The Morgan fingerprint density at radius 2 is 2.25 bits per heavy atom. The Balaban J connectivity index is 3.09. The molecule has 0 amide bonds. The Morgan fingerprint density at radius 1 is 1.58 bits per heavy atom. The Morgan fingerprint density at radius 3 is 2.75 bits per heavy atom. The molecule has 1 unspecified atom stereocenters. The van der Waals surface area contributed by atoms with E-state index in [1.54, 1.807) is 12.1 Å². The highest BCUT2D eigenvalue weighted by Gasteiger charge is 2.05. The zero-order valence-corrected chi connectivity index (χ0v) is 7.12. The number of nitrogen functional groups attached to an aromatic ring is 1. The van der Waals surface area contributed by atoms with Crippen LogP contribution in [-0.2, 0) is 0 Å². The van der Waals surface area contributed by atoms with Crippen LogP contribution in [-0.4, -0.2) is 4.98 Å². The van der Waals surface area contributed by atoms with E-state index in [0.717, 1.165) is 11.3 Å². The molecule has 1 rings (SSSR count). The second-order valence-electron chi connectivity index (χ2n) is 2.67. The molecule has 0 aromatic carbocycles. The highest BCUT2D eigenvalue weighted by Crippen LogP contribution is 2.15. The minimum absolute atomic E-state index is 0.155. The lowest BCUT2D eigenvalue weighted by atomic mass is 10.1. The second kappa shape index (κ2) is 3.36. The number of rotatable bonds is 2. The molecule has 0 saturated carbocycles. The van der Waals surface area contributed by atoms with Crippen molar-refractivity contribution in [1.29, 1.82) is 0 Å². The third-order valence-corrected chi connectivity index (χ3v) is 1.76. The standard InChI is InChI=1S/C9H13N3/c1-3-8(10)7-4-5-9(11)12-6(7)2/h3-5,8H,1,10H2,2H3,(H2,11,12). The fourth-order valence-corrected chi connectivity index (χ4v) is 1.07. The maximum atomic E-state index is 5.75. The summed E-state index contributed by atoms with van der Waals surface area (Å²) in [6.07, 6.45) is 1.68. The van der Waals surface area contributed by atoms with Crippen molar-refractivity contribution in [3.05, 3.63) is 36.0 Å². The molecule has 1 atom stereocenters. The van der Waals surface area contributed by atoms with E-state index in [9.17, 15) is 0 Å². The zero-order chi connectivity index (χ0) is 9.14. The summed E-state index contributed by atoms with van der Waals surface area (Å²) < 4.78 is 0. The molecule has 0 aliphatic heterocycles. The third kappa shape index (κ3) is 1.62. The Labute approximate surface area is 72.1 Å². The van der Waals surface area contributed by atoms with E-state index in [2.05, 4.69) is 11.6 Å². The van der Waals surface area contributed by atoms with Crippen molar-refractivity contribution < 1.29 is 0 Å². The molecule has 0 radical (unpaired) electrons. The molecular formula is C9H13N3. The average molecular weight is 163 g/mol. The maximum absolute atomic E-state index is 5.75. The van der Waals surface area contributed by atoms with Crippen LogP contribution in [0.5, 0.6) is 0 Å². The van der Waals surface area contributed by atoms with Crippen LogP contribution in [0.15, 0.2) is 24.8 Å². The Hall–Kier alpha value is -1.35. The molecule has 4 N–H and O–H groups in total. The summed E-state index contributed by atoms with van der Waals surface area (Å²) in [6.45, 7) is 5.50. The van der Waals surface area contributed by atoms with Gasteiger partial charge in [0.25, 0.3) is 0 Å². The molecule has 0 bridgehead atoms. The molecule has 0 fully saturated rings. The van der Waals surface area contributed by atoms with Gasteiger partial charge < -0.3 is 11.5 Å². The third-order valence-electron chi connectivity index (χ3n) is 1.76. The van der Waals surface area contributed by atoms with Gasteiger partial charge in [-0.1, -0.05) is 12.1 Å². The lowest BCUT2D eigenvalue weighted by Gasteiger charge is -2.09. The van der Waals surface area contributed by atoms with Crippen molar-refractivity contribution >= 4 is 5.82 Å². The van der Waals surface area contributed by atoms with Crippen LogP contribution >= 0.6 is 0 Å². The number of aromatic nitrogens is 1. The van der Waals surface area contributed by atoms with Crippen LogP contribution in [0.2, 0.25) is 0 Å². The summed E-state index contributed by atoms with van der Waals surface area (Å²) in [4.78, 5) is 4.09. The smallest absolute Gasteiger partial charge is 0.123 e. The fraction of sp³-hybridized carbons (Fsp3) is 0.222. The van der Waals surface area contributed by atoms with E-state index in [4.69, 9.17) is 11.5 Å². The summed E-state index contributed by atoms with van der Waals surface area (Å²) in [7, 11) is 0. The predicted octanol–water partition coefficient (Wildman–Crippen LogP) is 1.16. The van der Waals surface area contributed by atoms with Crippen LogP contribution in [0.1, 0.15) is 17.3 Å². The van der Waals surface area contributed by atoms with Gasteiger partial charge in [-0.05, 0) is 18.6 Å². The molecule has 0 saturated heterocycles. The molecular weight excluding hydrogens is 150 g/mol. The SMILES string of the molecule is C=CC(N)c1ccc(N)nc1C. The molecule has 1 aromatic heterocycles. The van der Waals surface area contributed by atoms with E-state index >= 15 is 0 Å². The maximum Gasteiger partial charge on any atom is 0.123 e. The van der Waals surface area contributed by atoms with Gasteiger partial charge in [0.1, 0.15) is 5.82 Å².